The SMILES string of the molecule is CCOC(=O)c1nnc2n1CCN(Cc1ccc(C3COc4cccnc4O3)cc1)C2. The van der Waals surface area contributed by atoms with E-state index >= 15 is 0 Å². The maximum absolute atomic E-state index is 12.0. The molecule has 0 spiro atoms. The molecule has 1 atom stereocenters. The van der Waals surface area contributed by atoms with Crippen LogP contribution in [0.4, 0.5) is 0 Å². The summed E-state index contributed by atoms with van der Waals surface area (Å²) in [5.41, 5.74) is 2.25. The zero-order valence-electron chi connectivity index (χ0n) is 17.2. The van der Waals surface area contributed by atoms with Gasteiger partial charge in [-0.2, -0.15) is 0 Å². The van der Waals surface area contributed by atoms with Crippen LogP contribution in [0, 0.1) is 0 Å². The Morgan fingerprint density at radius 1 is 1.19 bits per heavy atom. The molecule has 0 aliphatic carbocycles. The van der Waals surface area contributed by atoms with Crippen LogP contribution in [-0.2, 0) is 24.4 Å². The highest BCUT2D eigenvalue weighted by atomic mass is 16.6. The maximum Gasteiger partial charge on any atom is 0.376 e. The van der Waals surface area contributed by atoms with E-state index < -0.39 is 5.97 Å². The molecule has 2 aromatic heterocycles. The number of nitrogens with zero attached hydrogens (tertiary/aromatic N) is 5. The Balaban J connectivity index is 1.22. The van der Waals surface area contributed by atoms with Crippen LogP contribution >= 0.6 is 0 Å². The summed E-state index contributed by atoms with van der Waals surface area (Å²) < 4.78 is 18.7. The van der Waals surface area contributed by atoms with E-state index in [1.54, 1.807) is 13.1 Å². The summed E-state index contributed by atoms with van der Waals surface area (Å²) >= 11 is 0. The van der Waals surface area contributed by atoms with E-state index in [1.807, 2.05) is 16.7 Å². The number of pyridine rings is 1. The lowest BCUT2D eigenvalue weighted by molar-refractivity contribution is 0.0502. The monoisotopic (exact) mass is 421 g/mol. The van der Waals surface area contributed by atoms with Gasteiger partial charge in [-0.05, 0) is 30.2 Å². The second-order valence-corrected chi connectivity index (χ2v) is 7.49. The smallest absolute Gasteiger partial charge is 0.376 e. The third-order valence-corrected chi connectivity index (χ3v) is 5.43. The summed E-state index contributed by atoms with van der Waals surface area (Å²) in [4.78, 5) is 18.5. The number of hydrogen-bond acceptors (Lipinski definition) is 8. The molecule has 1 aromatic carbocycles. The Hall–Kier alpha value is -3.46. The molecule has 2 aliphatic heterocycles. The van der Waals surface area contributed by atoms with E-state index in [0.717, 1.165) is 24.5 Å². The Morgan fingerprint density at radius 3 is 2.90 bits per heavy atom. The van der Waals surface area contributed by atoms with Gasteiger partial charge in [0.15, 0.2) is 11.9 Å². The van der Waals surface area contributed by atoms with Crippen molar-refractivity contribution in [3.8, 4) is 11.6 Å². The highest BCUT2D eigenvalue weighted by Gasteiger charge is 2.26. The number of carbonyl (C=O) groups excluding carboxylic acids is 1. The third kappa shape index (κ3) is 3.96. The van der Waals surface area contributed by atoms with Gasteiger partial charge in [0.25, 0.3) is 5.88 Å². The molecule has 0 N–H and O–H groups in total. The summed E-state index contributed by atoms with van der Waals surface area (Å²) in [5.74, 6) is 1.86. The Bertz CT molecular complexity index is 1080. The zero-order chi connectivity index (χ0) is 21.2. The molecule has 160 valence electrons. The molecule has 0 saturated carbocycles. The van der Waals surface area contributed by atoms with Crippen molar-refractivity contribution in [2.75, 3.05) is 19.8 Å². The van der Waals surface area contributed by atoms with Crippen molar-refractivity contribution in [3.63, 3.8) is 0 Å². The average molecular weight is 421 g/mol. The fourth-order valence-corrected chi connectivity index (χ4v) is 3.86. The first-order valence-electron chi connectivity index (χ1n) is 10.4. The number of carbonyl (C=O) groups is 1. The van der Waals surface area contributed by atoms with Gasteiger partial charge in [-0.1, -0.05) is 24.3 Å². The van der Waals surface area contributed by atoms with Crippen LogP contribution in [0.3, 0.4) is 0 Å². The number of rotatable bonds is 5. The average Bonchev–Trinajstić information content (AvgIpc) is 3.23. The summed E-state index contributed by atoms with van der Waals surface area (Å²) in [6.45, 7) is 5.45. The van der Waals surface area contributed by atoms with E-state index in [2.05, 4.69) is 44.3 Å². The van der Waals surface area contributed by atoms with Crippen LogP contribution in [-0.4, -0.2) is 50.4 Å². The summed E-state index contributed by atoms with van der Waals surface area (Å²) in [6.07, 6.45) is 1.52. The topological polar surface area (TPSA) is 91.6 Å². The van der Waals surface area contributed by atoms with Gasteiger partial charge in [-0.25, -0.2) is 9.78 Å². The maximum atomic E-state index is 12.0. The molecular weight excluding hydrogens is 398 g/mol. The van der Waals surface area contributed by atoms with Crippen LogP contribution in [0.15, 0.2) is 42.6 Å². The van der Waals surface area contributed by atoms with Crippen molar-refractivity contribution >= 4 is 5.97 Å². The molecule has 31 heavy (non-hydrogen) atoms. The molecule has 0 radical (unpaired) electrons. The van der Waals surface area contributed by atoms with Crippen molar-refractivity contribution in [1.82, 2.24) is 24.6 Å². The van der Waals surface area contributed by atoms with E-state index in [4.69, 9.17) is 14.2 Å². The lowest BCUT2D eigenvalue weighted by Gasteiger charge is -2.28. The van der Waals surface area contributed by atoms with Crippen LogP contribution in [0.25, 0.3) is 0 Å². The molecule has 5 rings (SSSR count). The third-order valence-electron chi connectivity index (χ3n) is 5.43. The molecule has 0 bridgehead atoms. The Kier molecular flexibility index (Phi) is 5.25. The minimum absolute atomic E-state index is 0.175. The number of benzene rings is 1. The molecule has 9 heteroatoms. The largest absolute Gasteiger partial charge is 0.484 e. The van der Waals surface area contributed by atoms with Crippen LogP contribution in [0.5, 0.6) is 11.6 Å². The second kappa shape index (κ2) is 8.35. The van der Waals surface area contributed by atoms with Crippen molar-refractivity contribution < 1.29 is 19.0 Å². The van der Waals surface area contributed by atoms with Gasteiger partial charge in [-0.15, -0.1) is 10.2 Å². The number of fused-ring (bicyclic) bond motifs is 2. The molecule has 0 amide bonds. The van der Waals surface area contributed by atoms with Crippen LogP contribution in [0.1, 0.15) is 40.6 Å². The van der Waals surface area contributed by atoms with Gasteiger partial charge in [0.2, 0.25) is 5.82 Å². The van der Waals surface area contributed by atoms with E-state index in [9.17, 15) is 4.79 Å². The van der Waals surface area contributed by atoms with Gasteiger partial charge in [0, 0.05) is 25.8 Å². The van der Waals surface area contributed by atoms with Crippen LogP contribution in [0.2, 0.25) is 0 Å². The molecule has 0 fully saturated rings. The Labute approximate surface area is 179 Å². The van der Waals surface area contributed by atoms with Crippen molar-refractivity contribution in [2.24, 2.45) is 0 Å². The number of esters is 1. The fourth-order valence-electron chi connectivity index (χ4n) is 3.86. The number of ether oxygens (including phenoxy) is 3. The minimum Gasteiger partial charge on any atom is -0.484 e. The highest BCUT2D eigenvalue weighted by Crippen LogP contribution is 2.34. The van der Waals surface area contributed by atoms with E-state index in [0.29, 0.717) is 37.9 Å². The first-order chi connectivity index (χ1) is 15.2. The molecule has 1 unspecified atom stereocenters. The first-order valence-corrected chi connectivity index (χ1v) is 10.4. The van der Waals surface area contributed by atoms with Gasteiger partial charge in [0.1, 0.15) is 12.4 Å². The number of hydrogen-bond donors (Lipinski definition) is 0. The predicted molar refractivity (Wildman–Crippen MR) is 110 cm³/mol. The van der Waals surface area contributed by atoms with Gasteiger partial charge >= 0.3 is 5.97 Å². The lowest BCUT2D eigenvalue weighted by Crippen LogP contribution is -2.34. The molecule has 2 aliphatic rings. The van der Waals surface area contributed by atoms with E-state index in [-0.39, 0.29) is 11.9 Å². The summed E-state index contributed by atoms with van der Waals surface area (Å²) in [5, 5.41) is 8.20. The van der Waals surface area contributed by atoms with Gasteiger partial charge in [-0.3, -0.25) is 4.90 Å². The first kappa shape index (κ1) is 19.5. The predicted octanol–water partition coefficient (Wildman–Crippen LogP) is 2.38. The van der Waals surface area contributed by atoms with Gasteiger partial charge < -0.3 is 18.8 Å². The van der Waals surface area contributed by atoms with Gasteiger partial charge in [0.05, 0.1) is 13.2 Å². The molecule has 3 aromatic rings. The fraction of sp³-hybridized carbons (Fsp3) is 0.364. The van der Waals surface area contributed by atoms with Crippen molar-refractivity contribution in [1.29, 1.82) is 0 Å². The highest BCUT2D eigenvalue weighted by molar-refractivity contribution is 5.85. The summed E-state index contributed by atoms with van der Waals surface area (Å²) in [6, 6.07) is 12.0. The zero-order valence-corrected chi connectivity index (χ0v) is 17.2. The van der Waals surface area contributed by atoms with Crippen molar-refractivity contribution in [2.45, 2.75) is 32.7 Å². The van der Waals surface area contributed by atoms with Crippen molar-refractivity contribution in [3.05, 3.63) is 65.4 Å². The number of aromatic nitrogens is 4. The molecule has 0 saturated heterocycles. The Morgan fingerprint density at radius 2 is 2.06 bits per heavy atom. The minimum atomic E-state index is -0.419. The lowest BCUT2D eigenvalue weighted by atomic mass is 10.1. The molecule has 4 heterocycles. The normalized spacial score (nSPS) is 17.8. The standard InChI is InChI=1S/C22H23N5O4/c1-2-29-22(28)20-25-24-19-13-26(10-11-27(19)20)12-15-5-7-16(8-6-15)18-14-30-17-4-3-9-23-21(17)31-18/h3-9,18H,2,10-14H2,1H3. The molecular formula is C22H23N5O4. The van der Waals surface area contributed by atoms with E-state index in [1.165, 1.54) is 5.56 Å². The molecule has 9 nitrogen and oxygen atoms in total. The summed E-state index contributed by atoms with van der Waals surface area (Å²) in [7, 11) is 0. The van der Waals surface area contributed by atoms with Crippen LogP contribution < -0.4 is 9.47 Å². The quantitative estimate of drug-likeness (QED) is 0.580. The second-order valence-electron chi connectivity index (χ2n) is 7.49.